The first-order chi connectivity index (χ1) is 7.70. The molecule has 0 amide bonds. The van der Waals surface area contributed by atoms with E-state index in [1.54, 1.807) is 34.6 Å². The average Bonchev–Trinajstić information content (AvgIpc) is 2.11. The Morgan fingerprint density at radius 2 is 1.59 bits per heavy atom. The molecule has 0 radical (unpaired) electrons. The summed E-state index contributed by atoms with van der Waals surface area (Å²) >= 11 is 0. The molecule has 0 N–H and O–H groups in total. The minimum Gasteiger partial charge on any atom is -0.460 e. The molecule has 0 unspecified atom stereocenters. The standard InChI is InChI=1S/C11H18O6/c1-8(2)14-9(12)6-7-10(13)15-17-16-11(3,4)5/h6-8H,1-5H3. The number of esters is 1. The van der Waals surface area contributed by atoms with E-state index in [4.69, 9.17) is 4.74 Å². The first-order valence-corrected chi connectivity index (χ1v) is 5.16. The second-order valence-corrected chi connectivity index (χ2v) is 4.49. The molecule has 0 aromatic carbocycles. The summed E-state index contributed by atoms with van der Waals surface area (Å²) in [6, 6.07) is 0. The Hall–Kier alpha value is -1.40. The van der Waals surface area contributed by atoms with Gasteiger partial charge in [-0.25, -0.2) is 9.59 Å². The van der Waals surface area contributed by atoms with Crippen LogP contribution in [-0.2, 0) is 29.1 Å². The molecule has 0 bridgehead atoms. The predicted molar refractivity (Wildman–Crippen MR) is 58.4 cm³/mol. The molecule has 6 nitrogen and oxygen atoms in total. The molecule has 6 heteroatoms. The number of ether oxygens (including phenoxy) is 1. The van der Waals surface area contributed by atoms with E-state index >= 15 is 0 Å². The van der Waals surface area contributed by atoms with E-state index < -0.39 is 17.5 Å². The maximum atomic E-state index is 11.0. The van der Waals surface area contributed by atoms with E-state index in [0.29, 0.717) is 0 Å². The molecule has 17 heavy (non-hydrogen) atoms. The summed E-state index contributed by atoms with van der Waals surface area (Å²) in [7, 11) is 0. The second-order valence-electron chi connectivity index (χ2n) is 4.49. The molecule has 0 heterocycles. The highest BCUT2D eigenvalue weighted by Crippen LogP contribution is 2.07. The van der Waals surface area contributed by atoms with Crippen molar-refractivity contribution in [2.24, 2.45) is 0 Å². The number of carbonyl (C=O) groups is 2. The summed E-state index contributed by atoms with van der Waals surface area (Å²) in [6.45, 7) is 8.55. The average molecular weight is 246 g/mol. The zero-order valence-corrected chi connectivity index (χ0v) is 10.7. The number of hydrogen-bond donors (Lipinski definition) is 0. The molecule has 0 saturated carbocycles. The van der Waals surface area contributed by atoms with Crippen molar-refractivity contribution in [3.05, 3.63) is 12.2 Å². The first kappa shape index (κ1) is 15.6. The minimum atomic E-state index is -0.866. The van der Waals surface area contributed by atoms with Gasteiger partial charge in [0, 0.05) is 12.2 Å². The second kappa shape index (κ2) is 7.03. The van der Waals surface area contributed by atoms with Crippen molar-refractivity contribution >= 4 is 11.9 Å². The van der Waals surface area contributed by atoms with Gasteiger partial charge in [0.2, 0.25) is 0 Å². The molecule has 0 aliphatic rings. The van der Waals surface area contributed by atoms with Crippen LogP contribution in [0.25, 0.3) is 0 Å². The van der Waals surface area contributed by atoms with Crippen LogP contribution in [0.3, 0.4) is 0 Å². The van der Waals surface area contributed by atoms with Gasteiger partial charge in [0.1, 0.15) is 0 Å². The van der Waals surface area contributed by atoms with Crippen LogP contribution in [0.2, 0.25) is 0 Å². The number of rotatable bonds is 5. The number of hydrogen-bond acceptors (Lipinski definition) is 6. The molecular weight excluding hydrogens is 228 g/mol. The summed E-state index contributed by atoms with van der Waals surface area (Å²) in [5.74, 6) is -1.50. The highest BCUT2D eigenvalue weighted by atomic mass is 17.5. The summed E-state index contributed by atoms with van der Waals surface area (Å²) in [5.41, 5.74) is -0.597. The van der Waals surface area contributed by atoms with E-state index in [9.17, 15) is 9.59 Å². The van der Waals surface area contributed by atoms with Gasteiger partial charge in [0.15, 0.2) is 0 Å². The first-order valence-electron chi connectivity index (χ1n) is 5.16. The quantitative estimate of drug-likeness (QED) is 0.318. The van der Waals surface area contributed by atoms with E-state index in [1.165, 1.54) is 0 Å². The van der Waals surface area contributed by atoms with Crippen LogP contribution >= 0.6 is 0 Å². The Morgan fingerprint density at radius 1 is 1.06 bits per heavy atom. The molecule has 0 rings (SSSR count). The lowest BCUT2D eigenvalue weighted by Gasteiger charge is -2.14. The number of carbonyl (C=O) groups excluding carboxylic acids is 2. The van der Waals surface area contributed by atoms with Gasteiger partial charge in [-0.3, -0.25) is 4.89 Å². The van der Waals surface area contributed by atoms with Gasteiger partial charge in [0.25, 0.3) is 0 Å². The fourth-order valence-corrected chi connectivity index (χ4v) is 0.588. The largest absolute Gasteiger partial charge is 0.460 e. The molecule has 0 saturated heterocycles. The Balaban J connectivity index is 3.86. The van der Waals surface area contributed by atoms with Crippen LogP contribution in [0.15, 0.2) is 12.2 Å². The third-order valence-electron chi connectivity index (χ3n) is 1.11. The van der Waals surface area contributed by atoms with Crippen molar-refractivity contribution in [2.75, 3.05) is 0 Å². The van der Waals surface area contributed by atoms with Crippen LogP contribution in [0.1, 0.15) is 34.6 Å². The maximum Gasteiger partial charge on any atom is 0.369 e. The molecule has 0 atom stereocenters. The van der Waals surface area contributed by atoms with Crippen molar-refractivity contribution in [1.82, 2.24) is 0 Å². The van der Waals surface area contributed by atoms with Gasteiger partial charge in [0.05, 0.1) is 11.7 Å². The van der Waals surface area contributed by atoms with Crippen molar-refractivity contribution in [3.8, 4) is 0 Å². The Kier molecular flexibility index (Phi) is 6.45. The Labute approximate surface area is 100 Å². The van der Waals surface area contributed by atoms with Crippen LogP contribution in [0, 0.1) is 0 Å². The van der Waals surface area contributed by atoms with Crippen molar-refractivity contribution in [1.29, 1.82) is 0 Å². The molecule has 0 aliphatic carbocycles. The molecule has 0 aromatic rings. The molecule has 0 aromatic heterocycles. The monoisotopic (exact) mass is 246 g/mol. The third kappa shape index (κ3) is 10.9. The summed E-state index contributed by atoms with van der Waals surface area (Å²) in [4.78, 5) is 30.9. The topological polar surface area (TPSA) is 71.1 Å². The summed E-state index contributed by atoms with van der Waals surface area (Å²) in [6.07, 6.45) is 1.59. The van der Waals surface area contributed by atoms with Crippen molar-refractivity contribution < 1.29 is 29.1 Å². The highest BCUT2D eigenvalue weighted by Gasteiger charge is 2.13. The van der Waals surface area contributed by atoms with Gasteiger partial charge in [-0.05, 0) is 39.7 Å². The van der Waals surface area contributed by atoms with Crippen LogP contribution in [-0.4, -0.2) is 23.6 Å². The molecule has 0 spiro atoms. The lowest BCUT2D eigenvalue weighted by molar-refractivity contribution is -0.513. The molecule has 0 aliphatic heterocycles. The van der Waals surface area contributed by atoms with E-state index in [1.807, 2.05) is 0 Å². The van der Waals surface area contributed by atoms with Gasteiger partial charge >= 0.3 is 11.9 Å². The maximum absolute atomic E-state index is 11.0. The lowest BCUT2D eigenvalue weighted by Crippen LogP contribution is -2.20. The minimum absolute atomic E-state index is 0.247. The third-order valence-corrected chi connectivity index (χ3v) is 1.11. The fourth-order valence-electron chi connectivity index (χ4n) is 0.588. The van der Waals surface area contributed by atoms with E-state index in [2.05, 4.69) is 14.8 Å². The van der Waals surface area contributed by atoms with Crippen LogP contribution in [0.4, 0.5) is 0 Å². The van der Waals surface area contributed by atoms with Gasteiger partial charge < -0.3 is 4.74 Å². The van der Waals surface area contributed by atoms with Crippen LogP contribution < -0.4 is 0 Å². The summed E-state index contributed by atoms with van der Waals surface area (Å²) < 4.78 is 4.75. The lowest BCUT2D eigenvalue weighted by atomic mass is 10.2. The zero-order valence-electron chi connectivity index (χ0n) is 10.7. The zero-order chi connectivity index (χ0) is 13.5. The normalized spacial score (nSPS) is 11.9. The Morgan fingerprint density at radius 3 is 2.06 bits per heavy atom. The SMILES string of the molecule is CC(C)OC(=O)C=CC(=O)OOOC(C)(C)C. The van der Waals surface area contributed by atoms with Crippen LogP contribution in [0.5, 0.6) is 0 Å². The highest BCUT2D eigenvalue weighted by molar-refractivity contribution is 5.91. The molecule has 0 fully saturated rings. The van der Waals surface area contributed by atoms with E-state index in [0.717, 1.165) is 12.2 Å². The van der Waals surface area contributed by atoms with Crippen molar-refractivity contribution in [2.45, 2.75) is 46.3 Å². The molecule has 98 valence electrons. The van der Waals surface area contributed by atoms with Gasteiger partial charge in [-0.2, -0.15) is 4.89 Å². The summed E-state index contributed by atoms with van der Waals surface area (Å²) in [5, 5.41) is 4.22. The van der Waals surface area contributed by atoms with E-state index in [-0.39, 0.29) is 6.10 Å². The Bertz CT molecular complexity index is 287. The van der Waals surface area contributed by atoms with Gasteiger partial charge in [-0.15, -0.1) is 0 Å². The van der Waals surface area contributed by atoms with Gasteiger partial charge in [-0.1, -0.05) is 0 Å². The van der Waals surface area contributed by atoms with Crippen molar-refractivity contribution in [3.63, 3.8) is 0 Å². The fraction of sp³-hybridized carbons (Fsp3) is 0.636. The molecular formula is C11H18O6. The smallest absolute Gasteiger partial charge is 0.369 e. The predicted octanol–water partition coefficient (Wildman–Crippen LogP) is 1.70.